The van der Waals surface area contributed by atoms with Gasteiger partial charge in [0.25, 0.3) is 0 Å². The average Bonchev–Trinajstić information content (AvgIpc) is 2.69. The van der Waals surface area contributed by atoms with Crippen molar-refractivity contribution in [3.05, 3.63) is 10.4 Å². The van der Waals surface area contributed by atoms with Crippen molar-refractivity contribution in [1.29, 1.82) is 0 Å². The van der Waals surface area contributed by atoms with Crippen molar-refractivity contribution in [2.75, 3.05) is 19.8 Å². The van der Waals surface area contributed by atoms with Gasteiger partial charge in [-0.05, 0) is 25.8 Å². The van der Waals surface area contributed by atoms with Crippen LogP contribution in [-0.4, -0.2) is 36.8 Å². The molecule has 1 aliphatic heterocycles. The maximum Gasteiger partial charge on any atom is 0.216 e. The summed E-state index contributed by atoms with van der Waals surface area (Å²) in [7, 11) is 0. The number of aliphatic imine (C=N–C) groups is 1. The zero-order valence-corrected chi connectivity index (χ0v) is 10.9. The van der Waals surface area contributed by atoms with Crippen LogP contribution in [0.15, 0.2) is 10.1 Å². The van der Waals surface area contributed by atoms with E-state index in [1.54, 1.807) is 0 Å². The molecule has 0 bridgehead atoms. The molecule has 0 saturated heterocycles. The monoisotopic (exact) mass is 240 g/mol. The molecule has 0 aromatic heterocycles. The van der Waals surface area contributed by atoms with Crippen LogP contribution >= 0.6 is 0 Å². The van der Waals surface area contributed by atoms with Gasteiger partial charge < -0.3 is 9.47 Å². The van der Waals surface area contributed by atoms with Crippen molar-refractivity contribution in [2.45, 2.75) is 45.3 Å². The molecule has 0 aromatic rings. The second-order valence-corrected chi connectivity index (χ2v) is 5.15. The van der Waals surface area contributed by atoms with Gasteiger partial charge in [0.15, 0.2) is 0 Å². The summed E-state index contributed by atoms with van der Waals surface area (Å²) in [4.78, 5) is 7.07. The van der Waals surface area contributed by atoms with Gasteiger partial charge in [0.2, 0.25) is 5.90 Å². The first-order valence-electron chi connectivity index (χ1n) is 5.75. The summed E-state index contributed by atoms with van der Waals surface area (Å²) >= 11 is 0. The highest BCUT2D eigenvalue weighted by atomic mass is 16.6. The Morgan fingerprint density at radius 3 is 2.71 bits per heavy atom. The van der Waals surface area contributed by atoms with Crippen LogP contribution in [0.3, 0.4) is 0 Å². The molecule has 0 spiro atoms. The summed E-state index contributed by atoms with van der Waals surface area (Å²) in [6.45, 7) is 9.45. The van der Waals surface area contributed by atoms with E-state index in [-0.39, 0.29) is 0 Å². The summed E-state index contributed by atoms with van der Waals surface area (Å²) in [6.07, 6.45) is 0.660. The Morgan fingerprint density at radius 2 is 2.18 bits per heavy atom. The molecule has 0 atom stereocenters. The molecule has 0 unspecified atom stereocenters. The maximum absolute atomic E-state index is 8.41. The third-order valence-electron chi connectivity index (χ3n) is 2.59. The van der Waals surface area contributed by atoms with Gasteiger partial charge >= 0.3 is 0 Å². The number of hydrogen-bond donors (Lipinski definition) is 0. The molecule has 0 amide bonds. The molecule has 0 fully saturated rings. The first kappa shape index (κ1) is 13.8. The molecular formula is C11H20N4O2. The highest BCUT2D eigenvalue weighted by molar-refractivity contribution is 5.85. The number of nitrogens with zero attached hydrogens (tertiary/aromatic N) is 4. The topological polar surface area (TPSA) is 79.6 Å². The zero-order chi connectivity index (χ0) is 12.9. The minimum Gasteiger partial charge on any atom is -0.477 e. The molecule has 0 saturated carbocycles. The van der Waals surface area contributed by atoms with Crippen LogP contribution in [0.25, 0.3) is 10.4 Å². The van der Waals surface area contributed by atoms with Crippen molar-refractivity contribution in [3.8, 4) is 0 Å². The minimum atomic E-state index is -0.511. The van der Waals surface area contributed by atoms with Gasteiger partial charge in [-0.2, -0.15) is 0 Å². The van der Waals surface area contributed by atoms with Crippen LogP contribution in [0, 0.1) is 0 Å². The summed E-state index contributed by atoms with van der Waals surface area (Å²) in [5, 5.41) is 3.71. The lowest BCUT2D eigenvalue weighted by atomic mass is 10.0. The molecule has 96 valence electrons. The summed E-state index contributed by atoms with van der Waals surface area (Å²) in [5.74, 6) is 0.652. The predicted octanol–water partition coefficient (Wildman–Crippen LogP) is 2.69. The van der Waals surface area contributed by atoms with Crippen molar-refractivity contribution < 1.29 is 9.47 Å². The summed E-state index contributed by atoms with van der Waals surface area (Å²) < 4.78 is 11.1. The van der Waals surface area contributed by atoms with E-state index in [0.29, 0.717) is 32.1 Å². The van der Waals surface area contributed by atoms with Gasteiger partial charge in [-0.3, -0.25) is 0 Å². The lowest BCUT2D eigenvalue weighted by Gasteiger charge is -2.26. The molecule has 0 aromatic carbocycles. The summed E-state index contributed by atoms with van der Waals surface area (Å²) in [6, 6.07) is 0. The van der Waals surface area contributed by atoms with Gasteiger partial charge in [0.1, 0.15) is 12.2 Å². The smallest absolute Gasteiger partial charge is 0.216 e. The Hall–Kier alpha value is -1.26. The van der Waals surface area contributed by atoms with E-state index >= 15 is 0 Å². The first-order valence-corrected chi connectivity index (χ1v) is 5.75. The van der Waals surface area contributed by atoms with E-state index in [0.717, 1.165) is 0 Å². The first-order chi connectivity index (χ1) is 7.87. The lowest BCUT2D eigenvalue weighted by molar-refractivity contribution is 0.0120. The number of hydrogen-bond acceptors (Lipinski definition) is 4. The molecule has 17 heavy (non-hydrogen) atoms. The van der Waals surface area contributed by atoms with Gasteiger partial charge in [-0.15, -0.1) is 0 Å². The van der Waals surface area contributed by atoms with Crippen LogP contribution in [0.1, 0.15) is 34.1 Å². The molecule has 0 aliphatic carbocycles. The van der Waals surface area contributed by atoms with Crippen molar-refractivity contribution in [2.24, 2.45) is 10.1 Å². The predicted molar refractivity (Wildman–Crippen MR) is 66.1 cm³/mol. The highest BCUT2D eigenvalue weighted by Crippen LogP contribution is 2.20. The van der Waals surface area contributed by atoms with Crippen molar-refractivity contribution >= 4 is 5.90 Å². The van der Waals surface area contributed by atoms with Crippen LogP contribution < -0.4 is 0 Å². The van der Waals surface area contributed by atoms with E-state index in [4.69, 9.17) is 15.0 Å². The van der Waals surface area contributed by atoms with E-state index in [1.165, 1.54) is 0 Å². The van der Waals surface area contributed by atoms with Gasteiger partial charge in [-0.25, -0.2) is 4.99 Å². The van der Waals surface area contributed by atoms with Crippen molar-refractivity contribution in [3.63, 3.8) is 0 Å². The Bertz CT molecular complexity index is 343. The Morgan fingerprint density at radius 1 is 1.47 bits per heavy atom. The van der Waals surface area contributed by atoms with Gasteiger partial charge in [0.05, 0.1) is 6.54 Å². The van der Waals surface area contributed by atoms with Crippen LogP contribution in [0.5, 0.6) is 0 Å². The number of rotatable bonds is 6. The highest BCUT2D eigenvalue weighted by Gasteiger charge is 2.30. The molecule has 1 aliphatic rings. The second-order valence-electron chi connectivity index (χ2n) is 5.15. The largest absolute Gasteiger partial charge is 0.477 e. The molecular weight excluding hydrogens is 220 g/mol. The van der Waals surface area contributed by atoms with Crippen molar-refractivity contribution in [1.82, 2.24) is 0 Å². The molecule has 0 radical (unpaired) electrons. The van der Waals surface area contributed by atoms with Crippen LogP contribution in [0.4, 0.5) is 0 Å². The Balaban J connectivity index is 2.42. The Kier molecular flexibility index (Phi) is 4.37. The normalized spacial score (nSPS) is 16.1. The maximum atomic E-state index is 8.41. The molecule has 6 nitrogen and oxygen atoms in total. The average molecular weight is 240 g/mol. The van der Waals surface area contributed by atoms with E-state index in [2.05, 4.69) is 15.0 Å². The minimum absolute atomic E-state index is 0.427. The van der Waals surface area contributed by atoms with Crippen LogP contribution in [0.2, 0.25) is 0 Å². The zero-order valence-electron chi connectivity index (χ0n) is 10.9. The van der Waals surface area contributed by atoms with Gasteiger partial charge in [-0.1, -0.05) is 19.0 Å². The third-order valence-corrected chi connectivity index (χ3v) is 2.59. The Labute approximate surface area is 102 Å². The van der Waals surface area contributed by atoms with E-state index in [1.807, 2.05) is 27.7 Å². The standard InChI is InChI=1S/C11H20N4O2/c1-10(2,14-15-12)5-7-17-11(3,4)9-13-6-8-16-9/h5-8H2,1-4H3. The third kappa shape index (κ3) is 4.24. The lowest BCUT2D eigenvalue weighted by Crippen LogP contribution is -2.36. The molecule has 6 heteroatoms. The molecule has 0 N–H and O–H groups in total. The van der Waals surface area contributed by atoms with Crippen LogP contribution in [-0.2, 0) is 9.47 Å². The SMILES string of the molecule is CC(C)(CCOC(C)(C)C1=NCCO1)N=[N+]=[N-]. The van der Waals surface area contributed by atoms with Gasteiger partial charge in [0, 0.05) is 17.1 Å². The fourth-order valence-electron chi connectivity index (χ4n) is 1.49. The second kappa shape index (κ2) is 5.38. The number of azide groups is 1. The molecule has 1 heterocycles. The number of ether oxygens (including phenoxy) is 2. The fourth-order valence-corrected chi connectivity index (χ4v) is 1.49. The van der Waals surface area contributed by atoms with E-state index < -0.39 is 11.1 Å². The summed E-state index contributed by atoms with van der Waals surface area (Å²) in [5.41, 5.74) is 7.47. The van der Waals surface area contributed by atoms with E-state index in [9.17, 15) is 0 Å². The molecule has 1 rings (SSSR count). The fraction of sp³-hybridized carbons (Fsp3) is 0.909. The quantitative estimate of drug-likeness (QED) is 0.406.